The summed E-state index contributed by atoms with van der Waals surface area (Å²) in [4.78, 5) is 31.1. The lowest BCUT2D eigenvalue weighted by atomic mass is 10.2. The average Bonchev–Trinajstić information content (AvgIpc) is 3.09. The van der Waals surface area contributed by atoms with Crippen LogP contribution in [0.1, 0.15) is 6.42 Å². The first-order valence-corrected chi connectivity index (χ1v) is 11.1. The van der Waals surface area contributed by atoms with Gasteiger partial charge in [0, 0.05) is 11.4 Å². The number of rotatable bonds is 5. The van der Waals surface area contributed by atoms with Gasteiger partial charge in [-0.05, 0) is 60.7 Å². The first-order valence-electron chi connectivity index (χ1n) is 9.89. The van der Waals surface area contributed by atoms with Crippen molar-refractivity contribution in [3.63, 3.8) is 0 Å². The lowest BCUT2D eigenvalue weighted by molar-refractivity contribution is -0.121. The molecule has 3 aromatic rings. The van der Waals surface area contributed by atoms with Crippen LogP contribution in [0.25, 0.3) is 0 Å². The quantitative estimate of drug-likeness (QED) is 0.177. The van der Waals surface area contributed by atoms with Crippen molar-refractivity contribution in [3.05, 3.63) is 83.9 Å². The average molecular weight is 477 g/mol. The fourth-order valence-electron chi connectivity index (χ4n) is 3.16. The largest absolute Gasteiger partial charge is 0.457 e. The van der Waals surface area contributed by atoms with Gasteiger partial charge < -0.3 is 4.74 Å². The van der Waals surface area contributed by atoms with Gasteiger partial charge in [-0.1, -0.05) is 41.6 Å². The van der Waals surface area contributed by atoms with Gasteiger partial charge in [0.1, 0.15) is 16.7 Å². The van der Waals surface area contributed by atoms with E-state index in [1.165, 1.54) is 0 Å². The molecule has 1 N–H and O–H groups in total. The smallest absolute Gasteiger partial charge is 0.247 e. The highest BCUT2D eigenvalue weighted by Crippen LogP contribution is 2.32. The number of imide groups is 1. The molecule has 0 bridgehead atoms. The third-order valence-corrected chi connectivity index (χ3v) is 5.97. The number of anilines is 1. The summed E-state index contributed by atoms with van der Waals surface area (Å²) in [6.45, 7) is 0. The van der Waals surface area contributed by atoms with Crippen molar-refractivity contribution >= 4 is 51.7 Å². The summed E-state index contributed by atoms with van der Waals surface area (Å²) in [5.74, 6) is 0.491. The van der Waals surface area contributed by atoms with Crippen LogP contribution in [-0.2, 0) is 9.59 Å². The standard InChI is InChI=1S/C24H17ClN4O3S/c25-16-6-10-19(11-7-16)32-20-12-8-18(9-13-20)29-22(30)14-21(23(29)31)33-24(27-15-26)28-17-4-2-1-3-5-17/h1-13,21H,14H2,(H,27,28)/t21-/m1/s1. The van der Waals surface area contributed by atoms with E-state index in [0.29, 0.717) is 27.9 Å². The number of carbonyl (C=O) groups is 2. The SMILES string of the molecule is N#CNC(=Nc1ccccc1)S[C@@H]1CC(=O)N(c2ccc(Oc3ccc(Cl)cc3)cc2)C1=O. The molecular weight excluding hydrogens is 460 g/mol. The van der Waals surface area contributed by atoms with Crippen LogP contribution in [0.4, 0.5) is 11.4 Å². The Balaban J connectivity index is 1.46. The van der Waals surface area contributed by atoms with Crippen LogP contribution in [0.5, 0.6) is 11.5 Å². The number of ether oxygens (including phenoxy) is 1. The number of nitriles is 1. The monoisotopic (exact) mass is 476 g/mol. The maximum absolute atomic E-state index is 13.0. The molecule has 1 heterocycles. The second kappa shape index (κ2) is 10.2. The zero-order chi connectivity index (χ0) is 23.2. The molecule has 1 aliphatic heterocycles. The maximum Gasteiger partial charge on any atom is 0.247 e. The summed E-state index contributed by atoms with van der Waals surface area (Å²) in [6.07, 6.45) is 1.83. The van der Waals surface area contributed by atoms with Gasteiger partial charge in [-0.3, -0.25) is 14.9 Å². The van der Waals surface area contributed by atoms with Crippen molar-refractivity contribution in [2.24, 2.45) is 4.99 Å². The van der Waals surface area contributed by atoms with E-state index in [4.69, 9.17) is 21.6 Å². The first kappa shape index (κ1) is 22.4. The maximum atomic E-state index is 13.0. The molecule has 1 saturated heterocycles. The number of halogens is 1. The Hall–Kier alpha value is -3.80. The number of para-hydroxylation sites is 1. The summed E-state index contributed by atoms with van der Waals surface area (Å²) in [7, 11) is 0. The molecule has 7 nitrogen and oxygen atoms in total. The zero-order valence-corrected chi connectivity index (χ0v) is 18.7. The van der Waals surface area contributed by atoms with E-state index in [2.05, 4.69) is 10.3 Å². The van der Waals surface area contributed by atoms with Gasteiger partial charge in [0.2, 0.25) is 11.8 Å². The minimum Gasteiger partial charge on any atom is -0.457 e. The molecule has 1 aliphatic rings. The Morgan fingerprint density at radius 2 is 1.67 bits per heavy atom. The number of thioether (sulfide) groups is 1. The van der Waals surface area contributed by atoms with Crippen LogP contribution in [0.3, 0.4) is 0 Å². The van der Waals surface area contributed by atoms with Crippen molar-refractivity contribution in [1.82, 2.24) is 5.32 Å². The summed E-state index contributed by atoms with van der Waals surface area (Å²) >= 11 is 6.94. The molecule has 0 radical (unpaired) electrons. The molecular formula is C24H17ClN4O3S. The minimum absolute atomic E-state index is 0.00739. The van der Waals surface area contributed by atoms with Gasteiger partial charge >= 0.3 is 0 Å². The van der Waals surface area contributed by atoms with Crippen molar-refractivity contribution in [2.75, 3.05) is 4.90 Å². The van der Waals surface area contributed by atoms with E-state index in [1.54, 1.807) is 60.7 Å². The number of nitrogens with zero attached hydrogens (tertiary/aromatic N) is 3. The Bertz CT molecular complexity index is 1230. The second-order valence-electron chi connectivity index (χ2n) is 6.92. The van der Waals surface area contributed by atoms with Crippen molar-refractivity contribution in [1.29, 1.82) is 5.26 Å². The molecule has 3 aromatic carbocycles. The highest BCUT2D eigenvalue weighted by atomic mass is 35.5. The Morgan fingerprint density at radius 3 is 2.30 bits per heavy atom. The van der Waals surface area contributed by atoms with E-state index in [0.717, 1.165) is 16.7 Å². The number of aliphatic imine (C=N–C) groups is 1. The summed E-state index contributed by atoms with van der Waals surface area (Å²) in [5.41, 5.74) is 1.08. The van der Waals surface area contributed by atoms with Gasteiger partial charge in [0.05, 0.1) is 11.4 Å². The van der Waals surface area contributed by atoms with Crippen molar-refractivity contribution in [3.8, 4) is 17.7 Å². The molecule has 2 amide bonds. The number of nitrogens with one attached hydrogen (secondary N) is 1. The van der Waals surface area contributed by atoms with Crippen LogP contribution in [0.2, 0.25) is 5.02 Å². The number of benzene rings is 3. The van der Waals surface area contributed by atoms with Gasteiger partial charge in [-0.25, -0.2) is 9.89 Å². The molecule has 33 heavy (non-hydrogen) atoms. The minimum atomic E-state index is -0.689. The van der Waals surface area contributed by atoms with Crippen LogP contribution < -0.4 is 15.0 Å². The zero-order valence-electron chi connectivity index (χ0n) is 17.1. The topological polar surface area (TPSA) is 94.8 Å². The number of hydrogen-bond donors (Lipinski definition) is 1. The lowest BCUT2D eigenvalue weighted by Crippen LogP contribution is -2.32. The predicted octanol–water partition coefficient (Wildman–Crippen LogP) is 5.26. The predicted molar refractivity (Wildman–Crippen MR) is 129 cm³/mol. The van der Waals surface area contributed by atoms with E-state index in [1.807, 2.05) is 24.4 Å². The number of carbonyl (C=O) groups excluding carboxylic acids is 2. The Labute approximate surface area is 199 Å². The van der Waals surface area contributed by atoms with Gasteiger partial charge in [-0.15, -0.1) is 0 Å². The molecule has 1 fully saturated rings. The van der Waals surface area contributed by atoms with Gasteiger partial charge in [0.25, 0.3) is 0 Å². The third kappa shape index (κ3) is 5.52. The van der Waals surface area contributed by atoms with E-state index in [-0.39, 0.29) is 23.4 Å². The Kier molecular flexibility index (Phi) is 6.93. The summed E-state index contributed by atoms with van der Waals surface area (Å²) in [6, 6.07) is 22.7. The van der Waals surface area contributed by atoms with Crippen molar-refractivity contribution < 1.29 is 14.3 Å². The molecule has 0 unspecified atom stereocenters. The highest BCUT2D eigenvalue weighted by Gasteiger charge is 2.40. The van der Waals surface area contributed by atoms with Crippen molar-refractivity contribution in [2.45, 2.75) is 11.7 Å². The molecule has 0 aromatic heterocycles. The Morgan fingerprint density at radius 1 is 1.03 bits per heavy atom. The van der Waals surface area contributed by atoms with Crippen LogP contribution in [0, 0.1) is 11.5 Å². The van der Waals surface area contributed by atoms with Crippen LogP contribution in [0.15, 0.2) is 83.9 Å². The van der Waals surface area contributed by atoms with E-state index in [9.17, 15) is 9.59 Å². The fraction of sp³-hybridized carbons (Fsp3) is 0.0833. The molecule has 164 valence electrons. The second-order valence-corrected chi connectivity index (χ2v) is 8.55. The van der Waals surface area contributed by atoms with Gasteiger partial charge in [-0.2, -0.15) is 5.26 Å². The number of hydrogen-bond acceptors (Lipinski definition) is 6. The number of amides is 2. The first-order chi connectivity index (χ1) is 16.0. The third-order valence-electron chi connectivity index (χ3n) is 4.65. The van der Waals surface area contributed by atoms with E-state index >= 15 is 0 Å². The molecule has 0 saturated carbocycles. The number of amidine groups is 1. The summed E-state index contributed by atoms with van der Waals surface area (Å²) in [5, 5.41) is 11.7. The lowest BCUT2D eigenvalue weighted by Gasteiger charge is -2.16. The molecule has 0 aliphatic carbocycles. The highest BCUT2D eigenvalue weighted by molar-refractivity contribution is 8.15. The fourth-order valence-corrected chi connectivity index (χ4v) is 4.25. The molecule has 9 heteroatoms. The molecule has 0 spiro atoms. The normalized spacial score (nSPS) is 15.9. The summed E-state index contributed by atoms with van der Waals surface area (Å²) < 4.78 is 5.76. The molecule has 4 rings (SSSR count). The van der Waals surface area contributed by atoms with Gasteiger partial charge in [0.15, 0.2) is 11.4 Å². The molecule has 1 atom stereocenters. The van der Waals surface area contributed by atoms with Crippen LogP contribution in [-0.4, -0.2) is 22.2 Å². The van der Waals surface area contributed by atoms with E-state index < -0.39 is 5.25 Å². The van der Waals surface area contributed by atoms with Crippen LogP contribution >= 0.6 is 23.4 Å².